The van der Waals surface area contributed by atoms with Crippen LogP contribution in [-0.4, -0.2) is 61.7 Å². The highest BCUT2D eigenvalue weighted by Crippen LogP contribution is 2.29. The van der Waals surface area contributed by atoms with Gasteiger partial charge in [0.25, 0.3) is 11.8 Å². The number of nitrogens with one attached hydrogen (secondary N) is 1. The predicted octanol–water partition coefficient (Wildman–Crippen LogP) is 0.523. The van der Waals surface area contributed by atoms with E-state index in [1.807, 2.05) is 0 Å². The Hall–Kier alpha value is -2.26. The van der Waals surface area contributed by atoms with Crippen molar-refractivity contribution < 1.29 is 22.8 Å². The van der Waals surface area contributed by atoms with Crippen LogP contribution in [0.25, 0.3) is 0 Å². The lowest BCUT2D eigenvalue weighted by molar-refractivity contribution is -0.120. The average molecular weight is 365 g/mol. The smallest absolute Gasteiger partial charge is 0.263 e. The van der Waals surface area contributed by atoms with E-state index >= 15 is 0 Å². The van der Waals surface area contributed by atoms with E-state index in [0.717, 1.165) is 11.2 Å². The van der Waals surface area contributed by atoms with Crippen molar-refractivity contribution in [1.29, 1.82) is 0 Å². The minimum absolute atomic E-state index is 0.118. The van der Waals surface area contributed by atoms with E-state index in [0.29, 0.717) is 19.4 Å². The van der Waals surface area contributed by atoms with Crippen LogP contribution in [0.5, 0.6) is 0 Å². The first-order chi connectivity index (χ1) is 11.7. The maximum atomic E-state index is 12.6. The van der Waals surface area contributed by atoms with Crippen molar-refractivity contribution in [3.05, 3.63) is 29.3 Å². The van der Waals surface area contributed by atoms with Crippen molar-refractivity contribution >= 4 is 33.4 Å². The SMILES string of the molecule is CN1C(=O)c2cccc(NC(=O)[C@@H]3CCCN(S(C)(=O)=O)C3)c2C1=O. The number of carbonyl (C=O) groups excluding carboxylic acids is 3. The molecule has 25 heavy (non-hydrogen) atoms. The van der Waals surface area contributed by atoms with Crippen LogP contribution < -0.4 is 5.32 Å². The molecule has 0 saturated carbocycles. The maximum absolute atomic E-state index is 12.6. The molecule has 0 spiro atoms. The monoisotopic (exact) mass is 365 g/mol. The van der Waals surface area contributed by atoms with Crippen LogP contribution in [-0.2, 0) is 14.8 Å². The molecule has 3 amide bonds. The fraction of sp³-hybridized carbons (Fsp3) is 0.438. The van der Waals surface area contributed by atoms with Gasteiger partial charge in [-0.05, 0) is 25.0 Å². The Kier molecular flexibility index (Phi) is 4.38. The number of piperidine rings is 1. The summed E-state index contributed by atoms with van der Waals surface area (Å²) in [4.78, 5) is 37.8. The summed E-state index contributed by atoms with van der Waals surface area (Å²) in [5.74, 6) is -1.71. The molecule has 2 aliphatic rings. The molecule has 8 nitrogen and oxygen atoms in total. The molecule has 134 valence electrons. The summed E-state index contributed by atoms with van der Waals surface area (Å²) >= 11 is 0. The molecule has 1 aromatic rings. The van der Waals surface area contributed by atoms with Gasteiger partial charge in [-0.3, -0.25) is 19.3 Å². The Morgan fingerprint density at radius 3 is 2.64 bits per heavy atom. The van der Waals surface area contributed by atoms with E-state index in [1.54, 1.807) is 18.2 Å². The highest BCUT2D eigenvalue weighted by atomic mass is 32.2. The number of rotatable bonds is 3. The molecular weight excluding hydrogens is 346 g/mol. The molecule has 1 fully saturated rings. The number of fused-ring (bicyclic) bond motifs is 1. The number of nitrogens with zero attached hydrogens (tertiary/aromatic N) is 2. The molecule has 0 bridgehead atoms. The molecule has 0 aromatic heterocycles. The lowest BCUT2D eigenvalue weighted by Crippen LogP contribution is -2.43. The molecule has 0 aliphatic carbocycles. The zero-order chi connectivity index (χ0) is 18.4. The largest absolute Gasteiger partial charge is 0.325 e. The van der Waals surface area contributed by atoms with Crippen molar-refractivity contribution in [2.24, 2.45) is 5.92 Å². The zero-order valence-electron chi connectivity index (χ0n) is 14.0. The Labute approximate surface area is 145 Å². The number of hydrogen-bond donors (Lipinski definition) is 1. The van der Waals surface area contributed by atoms with Crippen LogP contribution in [0.4, 0.5) is 5.69 Å². The van der Waals surface area contributed by atoms with E-state index in [2.05, 4.69) is 5.32 Å². The molecule has 3 rings (SSSR count). The molecule has 0 unspecified atom stereocenters. The number of imide groups is 1. The Bertz CT molecular complexity index is 865. The van der Waals surface area contributed by atoms with Gasteiger partial charge in [-0.25, -0.2) is 12.7 Å². The molecular formula is C16H19N3O5S. The van der Waals surface area contributed by atoms with Crippen molar-refractivity contribution in [2.45, 2.75) is 12.8 Å². The average Bonchev–Trinajstić information content (AvgIpc) is 2.79. The fourth-order valence-corrected chi connectivity index (χ4v) is 4.11. The number of hydrogen-bond acceptors (Lipinski definition) is 5. The summed E-state index contributed by atoms with van der Waals surface area (Å²) < 4.78 is 24.7. The van der Waals surface area contributed by atoms with Gasteiger partial charge in [0.2, 0.25) is 15.9 Å². The molecule has 1 N–H and O–H groups in total. The summed E-state index contributed by atoms with van der Waals surface area (Å²) in [7, 11) is -1.96. The molecule has 1 atom stereocenters. The molecule has 2 aliphatic heterocycles. The Balaban J connectivity index is 1.81. The van der Waals surface area contributed by atoms with E-state index in [1.165, 1.54) is 11.4 Å². The van der Waals surface area contributed by atoms with Crippen molar-refractivity contribution in [3.63, 3.8) is 0 Å². The summed E-state index contributed by atoms with van der Waals surface area (Å²) in [6, 6.07) is 4.71. The van der Waals surface area contributed by atoms with Crippen molar-refractivity contribution in [1.82, 2.24) is 9.21 Å². The standard InChI is InChI=1S/C16H19N3O5S/c1-18-15(21)11-6-3-7-12(13(11)16(18)22)17-14(20)10-5-4-8-19(9-10)25(2,23)24/h3,6-7,10H,4-5,8-9H2,1-2H3,(H,17,20)/t10-/m1/s1. The molecule has 2 heterocycles. The van der Waals surface area contributed by atoms with Gasteiger partial charge in [-0.2, -0.15) is 0 Å². The quantitative estimate of drug-likeness (QED) is 0.787. The van der Waals surface area contributed by atoms with Gasteiger partial charge < -0.3 is 5.32 Å². The third-order valence-electron chi connectivity index (χ3n) is 4.60. The van der Waals surface area contributed by atoms with Gasteiger partial charge in [0.05, 0.1) is 29.0 Å². The third kappa shape index (κ3) is 3.16. The van der Waals surface area contributed by atoms with Gasteiger partial charge in [-0.15, -0.1) is 0 Å². The van der Waals surface area contributed by atoms with Crippen LogP contribution in [0.2, 0.25) is 0 Å². The van der Waals surface area contributed by atoms with Crippen LogP contribution in [0, 0.1) is 5.92 Å². The van der Waals surface area contributed by atoms with Crippen LogP contribution in [0.1, 0.15) is 33.6 Å². The minimum Gasteiger partial charge on any atom is -0.325 e. The van der Waals surface area contributed by atoms with Crippen LogP contribution >= 0.6 is 0 Å². The lowest BCUT2D eigenvalue weighted by atomic mass is 9.98. The number of amides is 3. The number of carbonyl (C=O) groups is 3. The molecule has 1 saturated heterocycles. The molecule has 9 heteroatoms. The highest BCUT2D eigenvalue weighted by molar-refractivity contribution is 7.88. The second-order valence-electron chi connectivity index (χ2n) is 6.35. The predicted molar refractivity (Wildman–Crippen MR) is 90.6 cm³/mol. The minimum atomic E-state index is -3.35. The summed E-state index contributed by atoms with van der Waals surface area (Å²) in [5, 5.41) is 2.70. The van der Waals surface area contributed by atoms with Gasteiger partial charge in [-0.1, -0.05) is 6.07 Å². The summed E-state index contributed by atoms with van der Waals surface area (Å²) in [6.07, 6.45) is 2.29. The summed E-state index contributed by atoms with van der Waals surface area (Å²) in [5.41, 5.74) is 0.715. The lowest BCUT2D eigenvalue weighted by Gasteiger charge is -2.30. The van der Waals surface area contributed by atoms with Crippen molar-refractivity contribution in [2.75, 3.05) is 31.7 Å². The van der Waals surface area contributed by atoms with Crippen molar-refractivity contribution in [3.8, 4) is 0 Å². The Morgan fingerprint density at radius 1 is 1.24 bits per heavy atom. The van der Waals surface area contributed by atoms with Crippen LogP contribution in [0.15, 0.2) is 18.2 Å². The normalized spacial score (nSPS) is 21.4. The van der Waals surface area contributed by atoms with Gasteiger partial charge in [0.1, 0.15) is 0 Å². The van der Waals surface area contributed by atoms with Gasteiger partial charge in [0.15, 0.2) is 0 Å². The number of sulfonamides is 1. The maximum Gasteiger partial charge on any atom is 0.263 e. The van der Waals surface area contributed by atoms with E-state index < -0.39 is 27.8 Å². The van der Waals surface area contributed by atoms with Crippen LogP contribution in [0.3, 0.4) is 0 Å². The van der Waals surface area contributed by atoms with Gasteiger partial charge >= 0.3 is 0 Å². The van der Waals surface area contributed by atoms with Gasteiger partial charge in [0, 0.05) is 20.1 Å². The summed E-state index contributed by atoms with van der Waals surface area (Å²) in [6.45, 7) is 0.521. The highest BCUT2D eigenvalue weighted by Gasteiger charge is 2.36. The number of benzene rings is 1. The first-order valence-corrected chi connectivity index (χ1v) is 9.76. The second kappa shape index (κ2) is 6.23. The van der Waals surface area contributed by atoms with E-state index in [-0.39, 0.29) is 29.3 Å². The fourth-order valence-electron chi connectivity index (χ4n) is 3.20. The second-order valence-corrected chi connectivity index (χ2v) is 8.33. The number of anilines is 1. The zero-order valence-corrected chi connectivity index (χ0v) is 14.8. The topological polar surface area (TPSA) is 104 Å². The Morgan fingerprint density at radius 2 is 1.96 bits per heavy atom. The first kappa shape index (κ1) is 17.6. The molecule has 1 aromatic carbocycles. The molecule has 0 radical (unpaired) electrons. The first-order valence-electron chi connectivity index (χ1n) is 7.91. The van der Waals surface area contributed by atoms with E-state index in [9.17, 15) is 22.8 Å². The third-order valence-corrected chi connectivity index (χ3v) is 5.87. The van der Waals surface area contributed by atoms with E-state index in [4.69, 9.17) is 0 Å².